The summed E-state index contributed by atoms with van der Waals surface area (Å²) in [4.78, 5) is 4.41. The van der Waals surface area contributed by atoms with Crippen molar-refractivity contribution in [2.75, 3.05) is 0 Å². The van der Waals surface area contributed by atoms with Crippen LogP contribution in [0.25, 0.3) is 0 Å². The van der Waals surface area contributed by atoms with E-state index >= 15 is 0 Å². The number of fused-ring (bicyclic) bond motifs is 2. The third-order valence-corrected chi connectivity index (χ3v) is 4.14. The molecule has 2 aliphatic heterocycles. The highest BCUT2D eigenvalue weighted by molar-refractivity contribution is 6.30. The number of hydrogen-bond acceptors (Lipinski definition) is 3. The monoisotopic (exact) mass is 247 g/mol. The van der Waals surface area contributed by atoms with Gasteiger partial charge < -0.3 is 5.32 Å². The average molecular weight is 248 g/mol. The van der Waals surface area contributed by atoms with Crippen LogP contribution in [0.1, 0.15) is 30.9 Å². The van der Waals surface area contributed by atoms with Crippen LogP contribution in [0.5, 0.6) is 0 Å². The Kier molecular flexibility index (Phi) is 2.78. The van der Waals surface area contributed by atoms with Crippen LogP contribution >= 0.6 is 11.6 Å². The van der Waals surface area contributed by atoms with Gasteiger partial charge in [-0.25, -0.2) is 0 Å². The Hall–Kier alpha value is -1.11. The summed E-state index contributed by atoms with van der Waals surface area (Å²) in [6.07, 6.45) is 4.81. The van der Waals surface area contributed by atoms with Crippen LogP contribution in [0.4, 0.5) is 0 Å². The molecule has 2 saturated heterocycles. The molecule has 3 nitrogen and oxygen atoms in total. The molecule has 0 radical (unpaired) electrons. The number of nitrogens with one attached hydrogen (secondary N) is 1. The minimum atomic E-state index is 0.178. The van der Waals surface area contributed by atoms with Crippen LogP contribution in [0.2, 0.25) is 5.02 Å². The van der Waals surface area contributed by atoms with E-state index in [0.717, 1.165) is 25.0 Å². The van der Waals surface area contributed by atoms with Crippen LogP contribution in [-0.4, -0.2) is 17.1 Å². The third kappa shape index (κ3) is 2.03. The lowest BCUT2D eigenvalue weighted by atomic mass is 9.88. The second-order valence-corrected chi connectivity index (χ2v) is 5.45. The number of pyridine rings is 1. The molecule has 2 fully saturated rings. The van der Waals surface area contributed by atoms with E-state index in [2.05, 4.69) is 16.4 Å². The van der Waals surface area contributed by atoms with Crippen molar-refractivity contribution in [2.45, 2.75) is 37.3 Å². The van der Waals surface area contributed by atoms with Crippen molar-refractivity contribution in [1.29, 1.82) is 5.26 Å². The van der Waals surface area contributed by atoms with Gasteiger partial charge in [-0.2, -0.15) is 5.26 Å². The van der Waals surface area contributed by atoms with Gasteiger partial charge >= 0.3 is 0 Å². The number of aromatic nitrogens is 1. The van der Waals surface area contributed by atoms with E-state index in [1.165, 1.54) is 0 Å². The van der Waals surface area contributed by atoms with Crippen LogP contribution < -0.4 is 5.32 Å². The zero-order valence-electron chi connectivity index (χ0n) is 9.44. The Bertz CT molecular complexity index is 451. The molecule has 1 aromatic heterocycles. The van der Waals surface area contributed by atoms with E-state index in [9.17, 15) is 0 Å². The molecule has 1 unspecified atom stereocenters. The van der Waals surface area contributed by atoms with Crippen LogP contribution in [0, 0.1) is 17.2 Å². The lowest BCUT2D eigenvalue weighted by Gasteiger charge is -2.28. The van der Waals surface area contributed by atoms with Gasteiger partial charge in [0.05, 0.1) is 17.0 Å². The SMILES string of the molecule is N#C[C@@H]1C[C@@H]2CC(c3ccc(Cl)cn3)C[C@H]1N2. The molecule has 0 aromatic carbocycles. The highest BCUT2D eigenvalue weighted by Gasteiger charge is 2.41. The van der Waals surface area contributed by atoms with E-state index in [-0.39, 0.29) is 5.92 Å². The molecule has 0 aliphatic carbocycles. The minimum Gasteiger partial charge on any atom is -0.310 e. The smallest absolute Gasteiger partial charge is 0.0672 e. The second-order valence-electron chi connectivity index (χ2n) is 5.01. The molecule has 2 aliphatic rings. The summed E-state index contributed by atoms with van der Waals surface area (Å²) in [5.41, 5.74) is 1.12. The molecule has 3 heterocycles. The summed E-state index contributed by atoms with van der Waals surface area (Å²) >= 11 is 5.85. The summed E-state index contributed by atoms with van der Waals surface area (Å²) in [5.74, 6) is 0.652. The fourth-order valence-corrected chi connectivity index (χ4v) is 3.23. The van der Waals surface area contributed by atoms with Gasteiger partial charge in [-0.1, -0.05) is 11.6 Å². The number of piperidine rings is 1. The van der Waals surface area contributed by atoms with Gasteiger partial charge in [0.2, 0.25) is 0 Å². The van der Waals surface area contributed by atoms with Crippen LogP contribution in [0.15, 0.2) is 18.3 Å². The van der Waals surface area contributed by atoms with Crippen molar-refractivity contribution in [2.24, 2.45) is 5.92 Å². The van der Waals surface area contributed by atoms with Gasteiger partial charge in [-0.3, -0.25) is 4.98 Å². The number of rotatable bonds is 1. The van der Waals surface area contributed by atoms with Gasteiger partial charge in [-0.15, -0.1) is 0 Å². The van der Waals surface area contributed by atoms with E-state index in [0.29, 0.717) is 23.0 Å². The summed E-state index contributed by atoms with van der Waals surface area (Å²) in [6, 6.07) is 7.16. The molecule has 0 amide bonds. The van der Waals surface area contributed by atoms with Crippen molar-refractivity contribution < 1.29 is 0 Å². The first-order valence-electron chi connectivity index (χ1n) is 6.03. The number of hydrogen-bond donors (Lipinski definition) is 1. The van der Waals surface area contributed by atoms with Crippen LogP contribution in [0.3, 0.4) is 0 Å². The Morgan fingerprint density at radius 2 is 2.24 bits per heavy atom. The van der Waals surface area contributed by atoms with Gasteiger partial charge in [0.1, 0.15) is 0 Å². The van der Waals surface area contributed by atoms with Crippen molar-refractivity contribution in [3.05, 3.63) is 29.0 Å². The molecular weight excluding hydrogens is 234 g/mol. The van der Waals surface area contributed by atoms with Crippen molar-refractivity contribution in [3.8, 4) is 6.07 Å². The van der Waals surface area contributed by atoms with E-state index in [1.807, 2.05) is 12.1 Å². The summed E-state index contributed by atoms with van der Waals surface area (Å²) in [7, 11) is 0. The quantitative estimate of drug-likeness (QED) is 0.830. The summed E-state index contributed by atoms with van der Waals surface area (Å²) in [5, 5.41) is 13.3. The fraction of sp³-hybridized carbons (Fsp3) is 0.538. The predicted molar refractivity (Wildman–Crippen MR) is 65.7 cm³/mol. The molecule has 4 atom stereocenters. The molecule has 17 heavy (non-hydrogen) atoms. The van der Waals surface area contributed by atoms with Gasteiger partial charge in [0.15, 0.2) is 0 Å². The Labute approximate surface area is 106 Å². The van der Waals surface area contributed by atoms with Crippen molar-refractivity contribution in [3.63, 3.8) is 0 Å². The zero-order chi connectivity index (χ0) is 11.8. The van der Waals surface area contributed by atoms with E-state index in [1.54, 1.807) is 6.20 Å². The molecule has 0 saturated carbocycles. The predicted octanol–water partition coefficient (Wildman–Crippen LogP) is 2.48. The Morgan fingerprint density at radius 1 is 1.35 bits per heavy atom. The van der Waals surface area contributed by atoms with Gasteiger partial charge in [0, 0.05) is 29.9 Å². The van der Waals surface area contributed by atoms with Gasteiger partial charge in [-0.05, 0) is 31.4 Å². The molecule has 1 N–H and O–H groups in total. The molecular formula is C13H14ClN3. The second kappa shape index (κ2) is 4.29. The Morgan fingerprint density at radius 3 is 2.94 bits per heavy atom. The first-order chi connectivity index (χ1) is 8.26. The fourth-order valence-electron chi connectivity index (χ4n) is 3.11. The topological polar surface area (TPSA) is 48.7 Å². The maximum Gasteiger partial charge on any atom is 0.0672 e. The maximum atomic E-state index is 9.08. The molecule has 4 heteroatoms. The first-order valence-corrected chi connectivity index (χ1v) is 6.41. The molecule has 88 valence electrons. The van der Waals surface area contributed by atoms with Crippen LogP contribution in [-0.2, 0) is 0 Å². The zero-order valence-corrected chi connectivity index (χ0v) is 10.2. The van der Waals surface area contributed by atoms with Crippen molar-refractivity contribution >= 4 is 11.6 Å². The third-order valence-electron chi connectivity index (χ3n) is 3.92. The summed E-state index contributed by atoms with van der Waals surface area (Å²) < 4.78 is 0. The first kappa shape index (κ1) is 11.0. The standard InChI is InChI=1S/C13H14ClN3/c14-10-1-2-12(16-7-10)8-3-11-4-9(6-15)13(5-8)17-11/h1-2,7-9,11,13,17H,3-5H2/t8?,9-,11-,13+/m0/s1. The van der Waals surface area contributed by atoms with Crippen molar-refractivity contribution in [1.82, 2.24) is 10.3 Å². The van der Waals surface area contributed by atoms with E-state index < -0.39 is 0 Å². The number of nitriles is 1. The number of halogens is 1. The Balaban J connectivity index is 1.79. The normalized spacial score (nSPS) is 35.5. The molecule has 3 rings (SSSR count). The average Bonchev–Trinajstić information content (AvgIpc) is 2.64. The summed E-state index contributed by atoms with van der Waals surface area (Å²) in [6.45, 7) is 0. The minimum absolute atomic E-state index is 0.178. The highest BCUT2D eigenvalue weighted by atomic mass is 35.5. The highest BCUT2D eigenvalue weighted by Crippen LogP contribution is 2.39. The molecule has 1 aromatic rings. The van der Waals surface area contributed by atoms with Gasteiger partial charge in [0.25, 0.3) is 0 Å². The lowest BCUT2D eigenvalue weighted by Crippen LogP contribution is -2.38. The maximum absolute atomic E-state index is 9.08. The molecule has 0 spiro atoms. The lowest BCUT2D eigenvalue weighted by molar-refractivity contribution is 0.350. The number of nitrogens with zero attached hydrogens (tertiary/aromatic N) is 2. The largest absolute Gasteiger partial charge is 0.310 e. The van der Waals surface area contributed by atoms with E-state index in [4.69, 9.17) is 16.9 Å². The molecule has 2 bridgehead atoms.